The van der Waals surface area contributed by atoms with E-state index in [1.807, 2.05) is 13.8 Å². The van der Waals surface area contributed by atoms with Crippen molar-refractivity contribution in [3.05, 3.63) is 33.8 Å². The molecule has 0 saturated heterocycles. The van der Waals surface area contributed by atoms with Crippen molar-refractivity contribution in [2.24, 2.45) is 0 Å². The quantitative estimate of drug-likeness (QED) is 0.876. The van der Waals surface area contributed by atoms with Gasteiger partial charge in [0.05, 0.1) is 6.04 Å². The summed E-state index contributed by atoms with van der Waals surface area (Å²) in [4.78, 5) is 11.5. The summed E-state index contributed by atoms with van der Waals surface area (Å²) < 4.78 is 1.08. The van der Waals surface area contributed by atoms with Crippen LogP contribution >= 0.6 is 15.9 Å². The van der Waals surface area contributed by atoms with Gasteiger partial charge in [-0.05, 0) is 38.0 Å². The average molecular weight is 299 g/mol. The minimum absolute atomic E-state index is 0.0377. The minimum atomic E-state index is -0.178. The summed E-state index contributed by atoms with van der Waals surface area (Å²) in [6.45, 7) is 7.19. The van der Waals surface area contributed by atoms with Crippen LogP contribution in [0.5, 0.6) is 0 Å². The predicted octanol–water partition coefficient (Wildman–Crippen LogP) is 2.37. The summed E-state index contributed by atoms with van der Waals surface area (Å²) in [5, 5.41) is 5.99. The zero-order valence-electron chi connectivity index (χ0n) is 10.5. The average Bonchev–Trinajstić information content (AvgIpc) is 2.27. The second-order valence-electron chi connectivity index (χ2n) is 4.09. The number of amides is 1. The lowest BCUT2D eigenvalue weighted by Crippen LogP contribution is -2.41. The van der Waals surface area contributed by atoms with Gasteiger partial charge in [0.15, 0.2) is 0 Å². The second-order valence-corrected chi connectivity index (χ2v) is 4.95. The molecule has 0 spiro atoms. The molecule has 0 heterocycles. The highest BCUT2D eigenvalue weighted by Crippen LogP contribution is 2.18. The molecule has 1 rings (SSSR count). The van der Waals surface area contributed by atoms with Crippen LogP contribution in [0.15, 0.2) is 22.7 Å². The van der Waals surface area contributed by atoms with Crippen LogP contribution in [0.3, 0.4) is 0 Å². The summed E-state index contributed by atoms with van der Waals surface area (Å²) in [5.41, 5.74) is 2.38. The largest absolute Gasteiger partial charge is 0.355 e. The van der Waals surface area contributed by atoms with Crippen LogP contribution < -0.4 is 10.6 Å². The number of aryl methyl sites for hydroxylation is 1. The van der Waals surface area contributed by atoms with E-state index in [2.05, 4.69) is 51.7 Å². The van der Waals surface area contributed by atoms with Gasteiger partial charge < -0.3 is 10.6 Å². The Labute approximate surface area is 111 Å². The summed E-state index contributed by atoms with van der Waals surface area (Å²) in [6, 6.07) is 6.03. The first-order valence-corrected chi connectivity index (χ1v) is 6.60. The van der Waals surface area contributed by atoms with Crippen molar-refractivity contribution in [3.63, 3.8) is 0 Å². The summed E-state index contributed by atoms with van der Waals surface area (Å²) >= 11 is 3.52. The Morgan fingerprint density at radius 2 is 2.18 bits per heavy atom. The standard InChI is InChI=1S/C13H19BrN2O/c1-4-15-13(17)10(3)16-8-11-6-5-9(2)7-12(11)14/h5-7,10,16H,4,8H2,1-3H3,(H,15,17). The van der Waals surface area contributed by atoms with Crippen molar-refractivity contribution in [3.8, 4) is 0 Å². The SMILES string of the molecule is CCNC(=O)C(C)NCc1ccc(C)cc1Br. The smallest absolute Gasteiger partial charge is 0.236 e. The normalized spacial score (nSPS) is 12.2. The van der Waals surface area contributed by atoms with E-state index in [9.17, 15) is 4.79 Å². The van der Waals surface area contributed by atoms with Crippen molar-refractivity contribution in [2.75, 3.05) is 6.54 Å². The van der Waals surface area contributed by atoms with E-state index in [0.717, 1.165) is 10.0 Å². The van der Waals surface area contributed by atoms with E-state index < -0.39 is 0 Å². The van der Waals surface area contributed by atoms with Gasteiger partial charge in [-0.3, -0.25) is 4.79 Å². The van der Waals surface area contributed by atoms with E-state index in [-0.39, 0.29) is 11.9 Å². The first-order chi connectivity index (χ1) is 8.04. The molecule has 3 nitrogen and oxygen atoms in total. The third-order valence-corrected chi connectivity index (χ3v) is 3.29. The van der Waals surface area contributed by atoms with Gasteiger partial charge in [-0.15, -0.1) is 0 Å². The van der Waals surface area contributed by atoms with Crippen LogP contribution in [-0.4, -0.2) is 18.5 Å². The third kappa shape index (κ3) is 4.48. The summed E-state index contributed by atoms with van der Waals surface area (Å²) in [6.07, 6.45) is 0. The zero-order valence-corrected chi connectivity index (χ0v) is 12.1. The Hall–Kier alpha value is -0.870. The van der Waals surface area contributed by atoms with Gasteiger partial charge >= 0.3 is 0 Å². The molecule has 0 aliphatic heterocycles. The Balaban J connectivity index is 2.52. The van der Waals surface area contributed by atoms with Crippen LogP contribution in [0.2, 0.25) is 0 Å². The number of rotatable bonds is 5. The molecule has 0 bridgehead atoms. The number of carbonyl (C=O) groups excluding carboxylic acids is 1. The lowest BCUT2D eigenvalue weighted by molar-refractivity contribution is -0.122. The van der Waals surface area contributed by atoms with Crippen LogP contribution in [0.4, 0.5) is 0 Å². The number of nitrogens with one attached hydrogen (secondary N) is 2. The fourth-order valence-electron chi connectivity index (χ4n) is 1.48. The molecular formula is C13H19BrN2O. The molecule has 0 fully saturated rings. The number of hydrogen-bond acceptors (Lipinski definition) is 2. The number of hydrogen-bond donors (Lipinski definition) is 2. The highest BCUT2D eigenvalue weighted by Gasteiger charge is 2.11. The van der Waals surface area contributed by atoms with Crippen molar-refractivity contribution < 1.29 is 4.79 Å². The summed E-state index contributed by atoms with van der Waals surface area (Å²) in [5.74, 6) is 0.0377. The van der Waals surface area contributed by atoms with Gasteiger partial charge in [0.2, 0.25) is 5.91 Å². The topological polar surface area (TPSA) is 41.1 Å². The van der Waals surface area contributed by atoms with Crippen LogP contribution in [0.1, 0.15) is 25.0 Å². The molecule has 1 amide bonds. The van der Waals surface area contributed by atoms with Crippen molar-refractivity contribution in [2.45, 2.75) is 33.4 Å². The molecule has 2 N–H and O–H groups in total. The Bertz CT molecular complexity index is 393. The molecule has 0 aromatic heterocycles. The number of likely N-dealkylation sites (N-methyl/N-ethyl adjacent to an activating group) is 1. The molecule has 94 valence electrons. The van der Waals surface area contributed by atoms with Crippen LogP contribution in [0.25, 0.3) is 0 Å². The fraction of sp³-hybridized carbons (Fsp3) is 0.462. The van der Waals surface area contributed by atoms with Gasteiger partial charge in [-0.2, -0.15) is 0 Å². The van der Waals surface area contributed by atoms with Gasteiger partial charge in [-0.1, -0.05) is 28.1 Å². The lowest BCUT2D eigenvalue weighted by Gasteiger charge is -2.14. The third-order valence-electron chi connectivity index (χ3n) is 2.55. The van der Waals surface area contributed by atoms with Crippen molar-refractivity contribution in [1.29, 1.82) is 0 Å². The van der Waals surface area contributed by atoms with Gasteiger partial charge in [0.1, 0.15) is 0 Å². The molecule has 0 aliphatic rings. The highest BCUT2D eigenvalue weighted by molar-refractivity contribution is 9.10. The zero-order chi connectivity index (χ0) is 12.8. The second kappa shape index (κ2) is 6.77. The first-order valence-electron chi connectivity index (χ1n) is 5.80. The molecule has 0 saturated carbocycles. The lowest BCUT2D eigenvalue weighted by atomic mass is 10.1. The molecule has 17 heavy (non-hydrogen) atoms. The first kappa shape index (κ1) is 14.2. The molecule has 4 heteroatoms. The molecule has 1 unspecified atom stereocenters. The predicted molar refractivity (Wildman–Crippen MR) is 73.9 cm³/mol. The molecule has 0 aliphatic carbocycles. The number of carbonyl (C=O) groups is 1. The number of halogens is 1. The monoisotopic (exact) mass is 298 g/mol. The number of benzene rings is 1. The fourth-order valence-corrected chi connectivity index (χ4v) is 2.11. The minimum Gasteiger partial charge on any atom is -0.355 e. The van der Waals surface area contributed by atoms with E-state index in [4.69, 9.17) is 0 Å². The molecule has 1 atom stereocenters. The Kier molecular flexibility index (Phi) is 5.65. The molecule has 1 aromatic rings. The van der Waals surface area contributed by atoms with E-state index in [0.29, 0.717) is 13.1 Å². The Morgan fingerprint density at radius 3 is 2.76 bits per heavy atom. The van der Waals surface area contributed by atoms with E-state index in [1.54, 1.807) is 0 Å². The maximum absolute atomic E-state index is 11.5. The maximum Gasteiger partial charge on any atom is 0.236 e. The molecule has 0 radical (unpaired) electrons. The maximum atomic E-state index is 11.5. The van der Waals surface area contributed by atoms with Gasteiger partial charge in [0, 0.05) is 17.6 Å². The van der Waals surface area contributed by atoms with E-state index in [1.165, 1.54) is 5.56 Å². The molecule has 1 aromatic carbocycles. The van der Waals surface area contributed by atoms with Gasteiger partial charge in [-0.25, -0.2) is 0 Å². The molecular weight excluding hydrogens is 280 g/mol. The van der Waals surface area contributed by atoms with Crippen LogP contribution in [-0.2, 0) is 11.3 Å². The van der Waals surface area contributed by atoms with Crippen molar-refractivity contribution >= 4 is 21.8 Å². The van der Waals surface area contributed by atoms with Crippen LogP contribution in [0, 0.1) is 6.92 Å². The Morgan fingerprint density at radius 1 is 1.47 bits per heavy atom. The van der Waals surface area contributed by atoms with E-state index >= 15 is 0 Å². The summed E-state index contributed by atoms with van der Waals surface area (Å²) in [7, 11) is 0. The van der Waals surface area contributed by atoms with Gasteiger partial charge in [0.25, 0.3) is 0 Å². The van der Waals surface area contributed by atoms with Crippen molar-refractivity contribution in [1.82, 2.24) is 10.6 Å². The highest BCUT2D eigenvalue weighted by atomic mass is 79.9.